The first kappa shape index (κ1) is 22.6. The summed E-state index contributed by atoms with van der Waals surface area (Å²) in [7, 11) is 1.68. The normalized spacial score (nSPS) is 18.1. The molecule has 0 radical (unpaired) electrons. The van der Waals surface area contributed by atoms with Gasteiger partial charge in [-0.25, -0.2) is 0 Å². The Morgan fingerprint density at radius 1 is 1.00 bits per heavy atom. The number of rotatable bonds is 3. The largest absolute Gasteiger partial charge is 0.368 e. The molecular weight excluding hydrogens is 473 g/mol. The lowest BCUT2D eigenvalue weighted by Crippen LogP contribution is -2.50. The minimum Gasteiger partial charge on any atom is -0.368 e. The zero-order valence-electron chi connectivity index (χ0n) is 19.0. The Balaban J connectivity index is 1.51. The number of allylic oxidation sites excluding steroid dienone is 1. The van der Waals surface area contributed by atoms with Crippen LogP contribution < -0.4 is 15.8 Å². The van der Waals surface area contributed by atoms with Gasteiger partial charge in [0.1, 0.15) is 11.9 Å². The highest BCUT2D eigenvalue weighted by atomic mass is 35.5. The molecule has 176 valence electrons. The second-order valence-corrected chi connectivity index (χ2v) is 9.35. The van der Waals surface area contributed by atoms with E-state index < -0.39 is 6.04 Å². The van der Waals surface area contributed by atoms with Crippen molar-refractivity contribution in [2.75, 3.05) is 36.4 Å². The number of fused-ring (bicyclic) bond motifs is 1. The number of hydrogen-bond acceptors (Lipinski definition) is 4. The molecule has 1 atom stereocenters. The fraction of sp³-hybridized carbons (Fsp3) is 0.280. The number of benzene rings is 2. The zero-order valence-corrected chi connectivity index (χ0v) is 20.5. The summed E-state index contributed by atoms with van der Waals surface area (Å²) >= 11 is 13.0. The van der Waals surface area contributed by atoms with Crippen molar-refractivity contribution < 1.29 is 4.79 Å². The lowest BCUT2D eigenvalue weighted by atomic mass is 9.94. The number of halogens is 2. The molecule has 1 amide bonds. The van der Waals surface area contributed by atoms with E-state index in [9.17, 15) is 9.59 Å². The topological polar surface area (TPSA) is 62.5 Å². The van der Waals surface area contributed by atoms with Crippen molar-refractivity contribution in [3.8, 4) is 0 Å². The van der Waals surface area contributed by atoms with Gasteiger partial charge in [-0.2, -0.15) is 0 Å². The first-order valence-corrected chi connectivity index (χ1v) is 11.9. The minimum atomic E-state index is -0.588. The predicted molar refractivity (Wildman–Crippen MR) is 136 cm³/mol. The maximum Gasteiger partial charge on any atom is 0.268 e. The van der Waals surface area contributed by atoms with Crippen LogP contribution in [-0.2, 0) is 11.8 Å². The fourth-order valence-corrected chi connectivity index (χ4v) is 5.22. The van der Waals surface area contributed by atoms with E-state index in [0.717, 1.165) is 18.8 Å². The number of para-hydroxylation sites is 1. The number of amides is 1. The van der Waals surface area contributed by atoms with E-state index >= 15 is 0 Å². The van der Waals surface area contributed by atoms with Crippen LogP contribution in [0.15, 0.2) is 70.7 Å². The Morgan fingerprint density at radius 2 is 1.71 bits per heavy atom. The summed E-state index contributed by atoms with van der Waals surface area (Å²) < 4.78 is 3.28. The standard InChI is InChI=1S/C25H25Cl2N5O2/c1-16-22(25(34)31-13-11-30(12-14-31)17-7-4-3-5-8-17)24(18-9-6-10-19(26)23(18)27)32-20(28-16)15-21(33)29(32)2/h3-10,15,24,28H,11-14H2,1-2H3. The number of nitrogens with zero attached hydrogens (tertiary/aromatic N) is 4. The molecule has 7 nitrogen and oxygen atoms in total. The van der Waals surface area contributed by atoms with Gasteiger partial charge in [0.15, 0.2) is 0 Å². The molecule has 9 heteroatoms. The summed E-state index contributed by atoms with van der Waals surface area (Å²) in [5, 5.41) is 4.02. The molecule has 1 N–H and O–H groups in total. The summed E-state index contributed by atoms with van der Waals surface area (Å²) in [6, 6.07) is 16.5. The number of carbonyl (C=O) groups is 1. The minimum absolute atomic E-state index is 0.0782. The molecule has 0 aliphatic carbocycles. The van der Waals surface area contributed by atoms with Gasteiger partial charge in [-0.3, -0.25) is 19.0 Å². The molecule has 1 aromatic heterocycles. The van der Waals surface area contributed by atoms with E-state index in [1.54, 1.807) is 17.8 Å². The van der Waals surface area contributed by atoms with E-state index in [1.165, 1.54) is 10.7 Å². The molecule has 1 unspecified atom stereocenters. The molecule has 0 saturated carbocycles. The van der Waals surface area contributed by atoms with Crippen LogP contribution in [0.2, 0.25) is 10.0 Å². The summed E-state index contributed by atoms with van der Waals surface area (Å²) in [4.78, 5) is 30.6. The Bertz CT molecular complexity index is 1340. The van der Waals surface area contributed by atoms with E-state index in [0.29, 0.717) is 45.8 Å². The van der Waals surface area contributed by atoms with Gasteiger partial charge in [0, 0.05) is 56.2 Å². The molecule has 3 aromatic rings. The average molecular weight is 498 g/mol. The summed E-state index contributed by atoms with van der Waals surface area (Å²) in [6.45, 7) is 4.53. The van der Waals surface area contributed by atoms with E-state index in [-0.39, 0.29) is 11.5 Å². The molecule has 2 aliphatic heterocycles. The van der Waals surface area contributed by atoms with Crippen molar-refractivity contribution in [2.45, 2.75) is 13.0 Å². The second kappa shape index (κ2) is 8.89. The van der Waals surface area contributed by atoms with Crippen molar-refractivity contribution in [3.05, 3.63) is 91.8 Å². The Morgan fingerprint density at radius 3 is 2.41 bits per heavy atom. The third kappa shape index (κ3) is 3.79. The number of piperazine rings is 1. The number of aromatic nitrogens is 2. The van der Waals surface area contributed by atoms with E-state index in [2.05, 4.69) is 22.3 Å². The maximum atomic E-state index is 13.9. The summed E-state index contributed by atoms with van der Waals surface area (Å²) in [5.74, 6) is 0.530. The first-order valence-electron chi connectivity index (χ1n) is 11.2. The average Bonchev–Trinajstić information content (AvgIpc) is 3.13. The van der Waals surface area contributed by atoms with Gasteiger partial charge in [-0.1, -0.05) is 53.5 Å². The SMILES string of the molecule is CC1=C(C(=O)N2CCN(c3ccccc3)CC2)C(c2cccc(Cl)c2Cl)n2c(cc(=O)n2C)N1. The number of carbonyl (C=O) groups excluding carboxylic acids is 1. The number of anilines is 2. The van der Waals surface area contributed by atoms with Crippen LogP contribution >= 0.6 is 23.2 Å². The van der Waals surface area contributed by atoms with Crippen LogP contribution in [0.3, 0.4) is 0 Å². The van der Waals surface area contributed by atoms with E-state index in [1.807, 2.05) is 42.2 Å². The van der Waals surface area contributed by atoms with Gasteiger partial charge in [0.25, 0.3) is 11.5 Å². The third-order valence-corrected chi connectivity index (χ3v) is 7.41. The van der Waals surface area contributed by atoms with Crippen LogP contribution in [0.4, 0.5) is 11.5 Å². The Labute approximate surface area is 207 Å². The smallest absolute Gasteiger partial charge is 0.268 e. The monoisotopic (exact) mass is 497 g/mol. The molecule has 0 bridgehead atoms. The predicted octanol–water partition coefficient (Wildman–Crippen LogP) is 4.13. The number of nitrogens with one attached hydrogen (secondary N) is 1. The highest BCUT2D eigenvalue weighted by Gasteiger charge is 2.37. The van der Waals surface area contributed by atoms with Gasteiger partial charge in [-0.05, 0) is 25.1 Å². The maximum absolute atomic E-state index is 13.9. The van der Waals surface area contributed by atoms with Crippen molar-refractivity contribution in [2.24, 2.45) is 7.05 Å². The van der Waals surface area contributed by atoms with Crippen molar-refractivity contribution in [1.82, 2.24) is 14.3 Å². The highest BCUT2D eigenvalue weighted by molar-refractivity contribution is 6.42. The quantitative estimate of drug-likeness (QED) is 0.590. The third-order valence-electron chi connectivity index (χ3n) is 6.58. The molecule has 5 rings (SSSR count). The first-order chi connectivity index (χ1) is 16.4. The Hall–Kier alpha value is -3.16. The molecule has 1 saturated heterocycles. The molecule has 34 heavy (non-hydrogen) atoms. The van der Waals surface area contributed by atoms with Crippen LogP contribution in [0.25, 0.3) is 0 Å². The van der Waals surface area contributed by atoms with Gasteiger partial charge in [-0.15, -0.1) is 0 Å². The van der Waals surface area contributed by atoms with Crippen molar-refractivity contribution in [1.29, 1.82) is 0 Å². The Kier molecular flexibility index (Phi) is 5.91. The summed E-state index contributed by atoms with van der Waals surface area (Å²) in [5.41, 5.74) is 2.90. The van der Waals surface area contributed by atoms with Crippen molar-refractivity contribution in [3.63, 3.8) is 0 Å². The van der Waals surface area contributed by atoms with Gasteiger partial charge >= 0.3 is 0 Å². The fourth-order valence-electron chi connectivity index (χ4n) is 4.81. The molecular formula is C25H25Cl2N5O2. The summed E-state index contributed by atoms with van der Waals surface area (Å²) in [6.07, 6.45) is 0. The van der Waals surface area contributed by atoms with Crippen molar-refractivity contribution >= 4 is 40.6 Å². The van der Waals surface area contributed by atoms with E-state index in [4.69, 9.17) is 23.2 Å². The van der Waals surface area contributed by atoms with Gasteiger partial charge in [0.05, 0.1) is 15.6 Å². The van der Waals surface area contributed by atoms with Crippen LogP contribution in [-0.4, -0.2) is 46.3 Å². The van der Waals surface area contributed by atoms with Crippen LogP contribution in [0.1, 0.15) is 18.5 Å². The lowest BCUT2D eigenvalue weighted by molar-refractivity contribution is -0.128. The molecule has 2 aromatic carbocycles. The molecule has 0 spiro atoms. The number of hydrogen-bond donors (Lipinski definition) is 1. The molecule has 2 aliphatic rings. The second-order valence-electron chi connectivity index (χ2n) is 8.56. The van der Waals surface area contributed by atoms with Crippen LogP contribution in [0.5, 0.6) is 0 Å². The van der Waals surface area contributed by atoms with Crippen LogP contribution in [0, 0.1) is 0 Å². The highest BCUT2D eigenvalue weighted by Crippen LogP contribution is 2.41. The van der Waals surface area contributed by atoms with Gasteiger partial charge in [0.2, 0.25) is 0 Å². The zero-order chi connectivity index (χ0) is 24.0. The molecule has 3 heterocycles. The lowest BCUT2D eigenvalue weighted by Gasteiger charge is -2.39. The molecule has 1 fully saturated rings. The van der Waals surface area contributed by atoms with Gasteiger partial charge < -0.3 is 15.1 Å².